The molecule has 1 unspecified atom stereocenters. The van der Waals surface area contributed by atoms with Crippen LogP contribution in [0.2, 0.25) is 0 Å². The molecule has 2 N–H and O–H groups in total. The van der Waals surface area contributed by atoms with Crippen LogP contribution in [0.5, 0.6) is 0 Å². The Morgan fingerprint density at radius 2 is 2.06 bits per heavy atom. The SMILES string of the molecule is Cc1ccc(C(=O)NC2CC2)cc1-c1cc2cnc(NCC3CCCN(CC(F)(F)F)C3)nc2s1. The van der Waals surface area contributed by atoms with Crippen LogP contribution >= 0.6 is 11.3 Å². The van der Waals surface area contributed by atoms with Crippen molar-refractivity contribution in [3.63, 3.8) is 0 Å². The Kier molecular flexibility index (Phi) is 6.67. The van der Waals surface area contributed by atoms with Crippen LogP contribution in [-0.2, 0) is 0 Å². The second-order valence-corrected chi connectivity index (χ2v) is 10.6. The van der Waals surface area contributed by atoms with Gasteiger partial charge in [0.05, 0.1) is 6.54 Å². The lowest BCUT2D eigenvalue weighted by atomic mass is 9.98. The normalized spacial score (nSPS) is 19.1. The van der Waals surface area contributed by atoms with Crippen LogP contribution < -0.4 is 10.6 Å². The van der Waals surface area contributed by atoms with E-state index in [0.717, 1.165) is 51.9 Å². The van der Waals surface area contributed by atoms with Crippen molar-refractivity contribution in [1.82, 2.24) is 20.2 Å². The number of hydrogen-bond acceptors (Lipinski definition) is 6. The zero-order valence-corrected chi connectivity index (χ0v) is 20.3. The van der Waals surface area contributed by atoms with Gasteiger partial charge in [-0.25, -0.2) is 9.97 Å². The molecule has 1 atom stereocenters. The molecule has 5 rings (SSSR count). The largest absolute Gasteiger partial charge is 0.401 e. The molecule has 0 radical (unpaired) electrons. The van der Waals surface area contributed by atoms with E-state index in [1.807, 2.05) is 31.2 Å². The maximum Gasteiger partial charge on any atom is 0.401 e. The number of rotatable bonds is 7. The molecule has 2 aliphatic rings. The number of nitrogens with one attached hydrogen (secondary N) is 2. The number of alkyl halides is 3. The van der Waals surface area contributed by atoms with Crippen LogP contribution in [0.25, 0.3) is 20.7 Å². The quantitative estimate of drug-likeness (QED) is 0.461. The van der Waals surface area contributed by atoms with Gasteiger partial charge in [0.15, 0.2) is 0 Å². The number of nitrogens with zero attached hydrogens (tertiary/aromatic N) is 3. The summed E-state index contributed by atoms with van der Waals surface area (Å²) in [5.41, 5.74) is 2.72. The summed E-state index contributed by atoms with van der Waals surface area (Å²) in [6.07, 6.45) is 1.33. The van der Waals surface area contributed by atoms with Crippen LogP contribution in [-0.4, -0.2) is 59.2 Å². The Hall–Kier alpha value is -2.72. The number of carbonyl (C=O) groups excluding carboxylic acids is 1. The summed E-state index contributed by atoms with van der Waals surface area (Å²) in [7, 11) is 0. The highest BCUT2D eigenvalue weighted by Crippen LogP contribution is 2.35. The first-order chi connectivity index (χ1) is 16.7. The number of carbonyl (C=O) groups is 1. The second-order valence-electron chi connectivity index (χ2n) is 9.58. The third kappa shape index (κ3) is 6.10. The van der Waals surface area contributed by atoms with Gasteiger partial charge in [0.25, 0.3) is 5.91 Å². The molecule has 10 heteroatoms. The highest BCUT2D eigenvalue weighted by atomic mass is 32.1. The van der Waals surface area contributed by atoms with Gasteiger partial charge in [0.2, 0.25) is 5.95 Å². The molecule has 0 bridgehead atoms. The lowest BCUT2D eigenvalue weighted by molar-refractivity contribution is -0.149. The maximum absolute atomic E-state index is 12.7. The van der Waals surface area contributed by atoms with Crippen molar-refractivity contribution in [2.75, 3.05) is 31.5 Å². The van der Waals surface area contributed by atoms with Gasteiger partial charge < -0.3 is 10.6 Å². The molecule has 2 aromatic heterocycles. The first kappa shape index (κ1) is 24.0. The number of aromatic nitrogens is 2. The summed E-state index contributed by atoms with van der Waals surface area (Å²) in [5, 5.41) is 7.17. The van der Waals surface area contributed by atoms with E-state index in [1.54, 1.807) is 6.20 Å². The molecule has 186 valence electrons. The highest BCUT2D eigenvalue weighted by Gasteiger charge is 2.33. The van der Waals surface area contributed by atoms with Gasteiger partial charge >= 0.3 is 6.18 Å². The molecule has 0 spiro atoms. The molecular formula is C25H28F3N5OS. The molecule has 2 fully saturated rings. The van der Waals surface area contributed by atoms with Crippen molar-refractivity contribution in [3.8, 4) is 10.4 Å². The average Bonchev–Trinajstić information content (AvgIpc) is 3.52. The smallest absolute Gasteiger partial charge is 0.354 e. The number of amides is 1. The Balaban J connectivity index is 1.27. The van der Waals surface area contributed by atoms with E-state index in [0.29, 0.717) is 37.2 Å². The van der Waals surface area contributed by atoms with E-state index in [9.17, 15) is 18.0 Å². The first-order valence-electron chi connectivity index (χ1n) is 11.9. The van der Waals surface area contributed by atoms with E-state index in [4.69, 9.17) is 0 Å². The summed E-state index contributed by atoms with van der Waals surface area (Å²) in [6, 6.07) is 8.09. The van der Waals surface area contributed by atoms with Crippen molar-refractivity contribution >= 4 is 33.4 Å². The summed E-state index contributed by atoms with van der Waals surface area (Å²) in [5.74, 6) is 0.558. The zero-order valence-electron chi connectivity index (χ0n) is 19.5. The molecule has 1 aliphatic carbocycles. The topological polar surface area (TPSA) is 70.2 Å². The first-order valence-corrected chi connectivity index (χ1v) is 12.8. The fraction of sp³-hybridized carbons (Fsp3) is 0.480. The fourth-order valence-electron chi connectivity index (χ4n) is 4.52. The summed E-state index contributed by atoms with van der Waals surface area (Å²) in [6.45, 7) is 2.61. The van der Waals surface area contributed by atoms with Crippen molar-refractivity contribution < 1.29 is 18.0 Å². The van der Waals surface area contributed by atoms with Gasteiger partial charge in [-0.1, -0.05) is 6.07 Å². The summed E-state index contributed by atoms with van der Waals surface area (Å²) in [4.78, 5) is 24.9. The van der Waals surface area contributed by atoms with E-state index in [-0.39, 0.29) is 11.8 Å². The van der Waals surface area contributed by atoms with Gasteiger partial charge in [-0.3, -0.25) is 9.69 Å². The number of benzene rings is 1. The van der Waals surface area contributed by atoms with Crippen molar-refractivity contribution in [2.45, 2.75) is 44.8 Å². The predicted octanol–water partition coefficient (Wildman–Crippen LogP) is 5.25. The minimum atomic E-state index is -4.17. The zero-order chi connectivity index (χ0) is 24.6. The Bertz CT molecular complexity index is 1220. The number of fused-ring (bicyclic) bond motifs is 1. The molecule has 35 heavy (non-hydrogen) atoms. The third-order valence-corrected chi connectivity index (χ3v) is 7.58. The number of thiophene rings is 1. The standard InChI is InChI=1S/C25H28F3N5OS/c1-15-4-5-17(22(34)31-19-6-7-19)9-20(15)21-10-18-12-30-24(32-23(18)35-21)29-11-16-3-2-8-33(13-16)14-25(26,27)28/h4-5,9-10,12,16,19H,2-3,6-8,11,13-14H2,1H3,(H,31,34)(H,29,30,32). The van der Waals surface area contributed by atoms with E-state index >= 15 is 0 Å². The average molecular weight is 504 g/mol. The minimum Gasteiger partial charge on any atom is -0.354 e. The van der Waals surface area contributed by atoms with Crippen molar-refractivity contribution in [2.24, 2.45) is 5.92 Å². The molecule has 3 heterocycles. The Labute approximate surface area is 206 Å². The van der Waals surface area contributed by atoms with Gasteiger partial charge in [0, 0.05) is 41.2 Å². The molecule has 1 aliphatic heterocycles. The van der Waals surface area contributed by atoms with Gasteiger partial charge in [-0.15, -0.1) is 11.3 Å². The van der Waals surface area contributed by atoms with E-state index in [1.165, 1.54) is 16.2 Å². The second kappa shape index (κ2) is 9.73. The number of hydrogen-bond donors (Lipinski definition) is 2. The van der Waals surface area contributed by atoms with Crippen molar-refractivity contribution in [1.29, 1.82) is 0 Å². The molecule has 1 amide bonds. The minimum absolute atomic E-state index is 0.0438. The predicted molar refractivity (Wildman–Crippen MR) is 132 cm³/mol. The Morgan fingerprint density at radius 1 is 1.23 bits per heavy atom. The number of anilines is 1. The third-order valence-electron chi connectivity index (χ3n) is 6.51. The monoisotopic (exact) mass is 503 g/mol. The lowest BCUT2D eigenvalue weighted by Crippen LogP contribution is -2.42. The van der Waals surface area contributed by atoms with Crippen LogP contribution in [0.4, 0.5) is 19.1 Å². The fourth-order valence-corrected chi connectivity index (χ4v) is 5.61. The lowest BCUT2D eigenvalue weighted by Gasteiger charge is -2.33. The van der Waals surface area contributed by atoms with Gasteiger partial charge in [-0.05, 0) is 74.4 Å². The van der Waals surface area contributed by atoms with E-state index < -0.39 is 12.7 Å². The number of aryl methyl sites for hydroxylation is 1. The molecule has 1 saturated carbocycles. The molecule has 3 aromatic rings. The van der Waals surface area contributed by atoms with Gasteiger partial charge in [-0.2, -0.15) is 13.2 Å². The van der Waals surface area contributed by atoms with Crippen LogP contribution in [0, 0.1) is 12.8 Å². The van der Waals surface area contributed by atoms with E-state index in [2.05, 4.69) is 20.6 Å². The van der Waals surface area contributed by atoms with Crippen LogP contribution in [0.1, 0.15) is 41.6 Å². The molecule has 1 saturated heterocycles. The van der Waals surface area contributed by atoms with Crippen LogP contribution in [0.3, 0.4) is 0 Å². The van der Waals surface area contributed by atoms with Crippen molar-refractivity contribution in [3.05, 3.63) is 41.6 Å². The highest BCUT2D eigenvalue weighted by molar-refractivity contribution is 7.21. The van der Waals surface area contributed by atoms with Crippen LogP contribution in [0.15, 0.2) is 30.5 Å². The number of piperidine rings is 1. The number of halogens is 3. The molecular weight excluding hydrogens is 475 g/mol. The summed E-state index contributed by atoms with van der Waals surface area (Å²) >= 11 is 1.54. The summed E-state index contributed by atoms with van der Waals surface area (Å²) < 4.78 is 38.2. The molecule has 6 nitrogen and oxygen atoms in total. The maximum atomic E-state index is 12.7. The van der Waals surface area contributed by atoms with Gasteiger partial charge in [0.1, 0.15) is 4.83 Å². The number of likely N-dealkylation sites (tertiary alicyclic amines) is 1. The Morgan fingerprint density at radius 3 is 2.83 bits per heavy atom. The molecule has 1 aromatic carbocycles.